The zero-order chi connectivity index (χ0) is 18.6. The van der Waals surface area contributed by atoms with Crippen molar-refractivity contribution in [2.75, 3.05) is 14.2 Å². The van der Waals surface area contributed by atoms with Crippen LogP contribution in [0, 0.1) is 18.3 Å². The molecule has 0 saturated carbocycles. The number of nitrogens with zero attached hydrogens (tertiary/aromatic N) is 1. The molecule has 0 aromatic heterocycles. The minimum atomic E-state index is -3.96. The van der Waals surface area contributed by atoms with E-state index in [9.17, 15) is 18.8 Å². The highest BCUT2D eigenvalue weighted by Gasteiger charge is 2.21. The van der Waals surface area contributed by atoms with E-state index < -0.39 is 14.7 Å². The molecule has 25 heavy (non-hydrogen) atoms. The molecule has 0 amide bonds. The third-order valence-corrected chi connectivity index (χ3v) is 5.21. The molecule has 0 atom stereocenters. The summed E-state index contributed by atoms with van der Waals surface area (Å²) in [6.45, 7) is 1.84. The highest BCUT2D eigenvalue weighted by atomic mass is 32.2. The van der Waals surface area contributed by atoms with E-state index in [0.29, 0.717) is 5.56 Å². The number of aromatic hydroxyl groups is 1. The van der Waals surface area contributed by atoms with E-state index >= 15 is 0 Å². The number of hydrogen-bond donors (Lipinski definition) is 1. The molecule has 6 nitrogen and oxygen atoms in total. The van der Waals surface area contributed by atoms with Gasteiger partial charge in [0.15, 0.2) is 11.5 Å². The van der Waals surface area contributed by atoms with Crippen LogP contribution in [-0.4, -0.2) is 27.7 Å². The number of sulfone groups is 1. The summed E-state index contributed by atoms with van der Waals surface area (Å²) in [6.07, 6.45) is 1.21. The molecular weight excluding hydrogens is 342 g/mol. The number of nitriles is 1. The highest BCUT2D eigenvalue weighted by molar-refractivity contribution is 7.95. The lowest BCUT2D eigenvalue weighted by atomic mass is 10.1. The minimum absolute atomic E-state index is 0.0311. The standard InChI is InChI=1S/C18H17NO5S/c1-12-4-6-14(7-5-12)25(21,22)15(11-19)8-13-9-16(23-2)18(20)17(10-13)24-3/h4-10,20H,1-3H3/b15-8+. The van der Waals surface area contributed by atoms with E-state index in [2.05, 4.69) is 0 Å². The lowest BCUT2D eigenvalue weighted by Crippen LogP contribution is -2.03. The molecule has 0 fully saturated rings. The lowest BCUT2D eigenvalue weighted by Gasteiger charge is -2.10. The van der Waals surface area contributed by atoms with Gasteiger partial charge >= 0.3 is 0 Å². The Bertz CT molecular complexity index is 929. The third-order valence-electron chi connectivity index (χ3n) is 3.53. The van der Waals surface area contributed by atoms with Crippen molar-refractivity contribution in [1.82, 2.24) is 0 Å². The molecule has 0 unspecified atom stereocenters. The summed E-state index contributed by atoms with van der Waals surface area (Å²) < 4.78 is 35.4. The fourth-order valence-corrected chi connectivity index (χ4v) is 3.32. The van der Waals surface area contributed by atoms with Crippen molar-refractivity contribution in [2.45, 2.75) is 11.8 Å². The number of aryl methyl sites for hydroxylation is 1. The molecule has 2 rings (SSSR count). The van der Waals surface area contributed by atoms with Crippen LogP contribution in [0.3, 0.4) is 0 Å². The Balaban J connectivity index is 2.58. The smallest absolute Gasteiger partial charge is 0.216 e. The lowest BCUT2D eigenvalue weighted by molar-refractivity contribution is 0.340. The van der Waals surface area contributed by atoms with Crippen LogP contribution in [0.1, 0.15) is 11.1 Å². The molecule has 0 aliphatic rings. The average molecular weight is 359 g/mol. The van der Waals surface area contributed by atoms with Crippen molar-refractivity contribution in [1.29, 1.82) is 5.26 Å². The second kappa shape index (κ2) is 7.28. The molecule has 2 aromatic carbocycles. The molecule has 0 aliphatic heterocycles. The van der Waals surface area contributed by atoms with Gasteiger partial charge in [0.25, 0.3) is 0 Å². The number of ether oxygens (including phenoxy) is 2. The number of benzene rings is 2. The van der Waals surface area contributed by atoms with Crippen molar-refractivity contribution < 1.29 is 23.0 Å². The molecule has 0 saturated heterocycles. The van der Waals surface area contributed by atoms with Crippen LogP contribution in [0.5, 0.6) is 17.2 Å². The van der Waals surface area contributed by atoms with E-state index in [-0.39, 0.29) is 22.1 Å². The normalized spacial score (nSPS) is 11.7. The largest absolute Gasteiger partial charge is 0.502 e. The van der Waals surface area contributed by atoms with Crippen LogP contribution >= 0.6 is 0 Å². The fraction of sp³-hybridized carbons (Fsp3) is 0.167. The Hall–Kier alpha value is -2.98. The van der Waals surface area contributed by atoms with Crippen molar-refractivity contribution in [2.24, 2.45) is 0 Å². The van der Waals surface area contributed by atoms with Crippen LogP contribution in [-0.2, 0) is 9.84 Å². The van der Waals surface area contributed by atoms with E-state index in [0.717, 1.165) is 5.56 Å². The Morgan fingerprint density at radius 3 is 2.08 bits per heavy atom. The number of rotatable bonds is 5. The number of phenols is 1. The van der Waals surface area contributed by atoms with Gasteiger partial charge in [-0.1, -0.05) is 17.7 Å². The predicted octanol–water partition coefficient (Wildman–Crippen LogP) is 3.06. The Labute approximate surface area is 146 Å². The van der Waals surface area contributed by atoms with E-state index in [1.54, 1.807) is 18.2 Å². The van der Waals surface area contributed by atoms with Crippen LogP contribution in [0.15, 0.2) is 46.2 Å². The van der Waals surface area contributed by atoms with Gasteiger partial charge in [0, 0.05) is 0 Å². The summed E-state index contributed by atoms with van der Waals surface area (Å²) in [6, 6.07) is 10.8. The summed E-state index contributed by atoms with van der Waals surface area (Å²) in [7, 11) is -1.24. The zero-order valence-corrected chi connectivity index (χ0v) is 14.8. The molecule has 0 bridgehead atoms. The summed E-state index contributed by atoms with van der Waals surface area (Å²) in [5, 5.41) is 19.3. The zero-order valence-electron chi connectivity index (χ0n) is 14.0. The molecule has 7 heteroatoms. The molecule has 0 radical (unpaired) electrons. The third kappa shape index (κ3) is 3.75. The van der Waals surface area contributed by atoms with Crippen LogP contribution in [0.4, 0.5) is 0 Å². The predicted molar refractivity (Wildman–Crippen MR) is 93.2 cm³/mol. The number of phenolic OH excluding ortho intramolecular Hbond substituents is 1. The first kappa shape index (κ1) is 18.4. The maximum atomic E-state index is 12.7. The van der Waals surface area contributed by atoms with Gasteiger partial charge < -0.3 is 14.6 Å². The summed E-state index contributed by atoms with van der Waals surface area (Å²) in [5.74, 6) is 0.00768. The summed E-state index contributed by atoms with van der Waals surface area (Å²) >= 11 is 0. The second-order valence-corrected chi connectivity index (χ2v) is 7.13. The Morgan fingerprint density at radius 2 is 1.64 bits per heavy atom. The quantitative estimate of drug-likeness (QED) is 0.824. The Morgan fingerprint density at radius 1 is 1.12 bits per heavy atom. The van der Waals surface area contributed by atoms with Crippen molar-refractivity contribution >= 4 is 15.9 Å². The first-order chi connectivity index (χ1) is 11.8. The van der Waals surface area contributed by atoms with E-state index in [1.165, 1.54) is 44.6 Å². The van der Waals surface area contributed by atoms with Gasteiger partial charge in [0.1, 0.15) is 11.0 Å². The SMILES string of the molecule is COc1cc(/C=C(\C#N)S(=O)(=O)c2ccc(C)cc2)cc(OC)c1O. The first-order valence-corrected chi connectivity index (χ1v) is 8.70. The van der Waals surface area contributed by atoms with Gasteiger partial charge in [-0.3, -0.25) is 0 Å². The van der Waals surface area contributed by atoms with E-state index in [4.69, 9.17) is 9.47 Å². The van der Waals surface area contributed by atoms with Gasteiger partial charge in [0.05, 0.1) is 19.1 Å². The van der Waals surface area contributed by atoms with Crippen molar-refractivity contribution in [3.05, 3.63) is 52.4 Å². The van der Waals surface area contributed by atoms with Gasteiger partial charge in [-0.05, 0) is 42.8 Å². The minimum Gasteiger partial charge on any atom is -0.502 e. The molecular formula is C18H17NO5S. The molecule has 0 heterocycles. The first-order valence-electron chi connectivity index (χ1n) is 7.22. The van der Waals surface area contributed by atoms with Gasteiger partial charge in [-0.15, -0.1) is 0 Å². The highest BCUT2D eigenvalue weighted by Crippen LogP contribution is 2.38. The Kier molecular flexibility index (Phi) is 5.35. The van der Waals surface area contributed by atoms with Crippen LogP contribution < -0.4 is 9.47 Å². The molecule has 2 aromatic rings. The van der Waals surface area contributed by atoms with Crippen LogP contribution in [0.2, 0.25) is 0 Å². The van der Waals surface area contributed by atoms with Crippen LogP contribution in [0.25, 0.3) is 6.08 Å². The fourth-order valence-electron chi connectivity index (χ4n) is 2.16. The number of allylic oxidation sites excluding steroid dienone is 1. The monoisotopic (exact) mass is 359 g/mol. The topological polar surface area (TPSA) is 96.6 Å². The maximum Gasteiger partial charge on any atom is 0.216 e. The summed E-state index contributed by atoms with van der Waals surface area (Å²) in [5.41, 5.74) is 1.26. The van der Waals surface area contributed by atoms with E-state index in [1.807, 2.05) is 6.92 Å². The molecule has 130 valence electrons. The van der Waals surface area contributed by atoms with Gasteiger partial charge in [-0.2, -0.15) is 5.26 Å². The maximum absolute atomic E-state index is 12.7. The second-order valence-electron chi connectivity index (χ2n) is 5.21. The van der Waals surface area contributed by atoms with Crippen molar-refractivity contribution in [3.63, 3.8) is 0 Å². The molecule has 0 spiro atoms. The van der Waals surface area contributed by atoms with Crippen molar-refractivity contribution in [3.8, 4) is 23.3 Å². The molecule has 0 aliphatic carbocycles. The average Bonchev–Trinajstić information content (AvgIpc) is 2.60. The van der Waals surface area contributed by atoms with Gasteiger partial charge in [0.2, 0.25) is 15.6 Å². The molecule has 1 N–H and O–H groups in total. The number of methoxy groups -OCH3 is 2. The van der Waals surface area contributed by atoms with Gasteiger partial charge in [-0.25, -0.2) is 8.42 Å². The number of hydrogen-bond acceptors (Lipinski definition) is 6. The summed E-state index contributed by atoms with van der Waals surface area (Å²) in [4.78, 5) is -0.394.